The number of rotatable bonds is 3. The predicted octanol–water partition coefficient (Wildman–Crippen LogP) is 1.87. The molecule has 0 saturated carbocycles. The van der Waals surface area contributed by atoms with Crippen molar-refractivity contribution in [1.29, 1.82) is 0 Å². The van der Waals surface area contributed by atoms with Gasteiger partial charge in [-0.1, -0.05) is 12.1 Å². The number of ether oxygens (including phenoxy) is 1. The van der Waals surface area contributed by atoms with E-state index in [2.05, 4.69) is 0 Å². The van der Waals surface area contributed by atoms with Crippen LogP contribution in [0.4, 0.5) is 4.39 Å². The molecule has 1 aromatic rings. The summed E-state index contributed by atoms with van der Waals surface area (Å²) < 4.78 is 18.2. The first-order chi connectivity index (χ1) is 7.25. The van der Waals surface area contributed by atoms with Gasteiger partial charge < -0.3 is 10.5 Å². The van der Waals surface area contributed by atoms with Gasteiger partial charge in [-0.05, 0) is 37.0 Å². The summed E-state index contributed by atoms with van der Waals surface area (Å²) in [7, 11) is 0. The van der Waals surface area contributed by atoms with E-state index >= 15 is 0 Å². The molecule has 82 valence electrons. The van der Waals surface area contributed by atoms with Gasteiger partial charge in [0, 0.05) is 12.6 Å². The van der Waals surface area contributed by atoms with Gasteiger partial charge >= 0.3 is 0 Å². The van der Waals surface area contributed by atoms with Gasteiger partial charge in [-0.2, -0.15) is 0 Å². The average molecular weight is 209 g/mol. The van der Waals surface area contributed by atoms with Crippen LogP contribution in [-0.4, -0.2) is 18.8 Å². The zero-order chi connectivity index (χ0) is 10.7. The molecule has 3 heteroatoms. The second kappa shape index (κ2) is 4.73. The van der Waals surface area contributed by atoms with E-state index in [9.17, 15) is 4.39 Å². The van der Waals surface area contributed by atoms with E-state index < -0.39 is 0 Å². The fourth-order valence-electron chi connectivity index (χ4n) is 1.96. The molecule has 0 bridgehead atoms. The summed E-state index contributed by atoms with van der Waals surface area (Å²) in [5.41, 5.74) is 7.10. The Morgan fingerprint density at radius 3 is 2.73 bits per heavy atom. The Hall–Kier alpha value is -0.930. The first kappa shape index (κ1) is 10.6. The van der Waals surface area contributed by atoms with Crippen LogP contribution in [0.25, 0.3) is 0 Å². The van der Waals surface area contributed by atoms with Gasteiger partial charge in [0.25, 0.3) is 0 Å². The minimum absolute atomic E-state index is 0.0259. The van der Waals surface area contributed by atoms with E-state index in [1.165, 1.54) is 12.1 Å². The maximum atomic E-state index is 12.7. The van der Waals surface area contributed by atoms with E-state index in [-0.39, 0.29) is 18.0 Å². The third-order valence-electron chi connectivity index (χ3n) is 2.83. The topological polar surface area (TPSA) is 35.2 Å². The van der Waals surface area contributed by atoms with Crippen LogP contribution in [0.3, 0.4) is 0 Å². The Kier molecular flexibility index (Phi) is 3.34. The normalized spacial score (nSPS) is 22.9. The van der Waals surface area contributed by atoms with Crippen LogP contribution in [0.2, 0.25) is 0 Å². The van der Waals surface area contributed by atoms with Crippen LogP contribution < -0.4 is 5.73 Å². The average Bonchev–Trinajstić information content (AvgIpc) is 2.74. The highest BCUT2D eigenvalue weighted by atomic mass is 19.1. The van der Waals surface area contributed by atoms with Gasteiger partial charge in [-0.25, -0.2) is 4.39 Å². The van der Waals surface area contributed by atoms with E-state index in [0.717, 1.165) is 31.4 Å². The van der Waals surface area contributed by atoms with Crippen LogP contribution in [0, 0.1) is 5.82 Å². The molecule has 0 aliphatic carbocycles. The van der Waals surface area contributed by atoms with Crippen LogP contribution in [0.1, 0.15) is 18.4 Å². The third kappa shape index (κ3) is 2.76. The Balaban J connectivity index is 1.92. The molecule has 2 rings (SSSR count). The molecule has 2 atom stereocenters. The number of nitrogens with two attached hydrogens (primary N) is 1. The summed E-state index contributed by atoms with van der Waals surface area (Å²) in [5, 5.41) is 0. The number of hydrogen-bond acceptors (Lipinski definition) is 2. The van der Waals surface area contributed by atoms with Crippen molar-refractivity contribution in [2.45, 2.75) is 31.4 Å². The fraction of sp³-hybridized carbons (Fsp3) is 0.500. The van der Waals surface area contributed by atoms with Crippen LogP contribution in [0.15, 0.2) is 24.3 Å². The molecule has 15 heavy (non-hydrogen) atoms. The van der Waals surface area contributed by atoms with Crippen molar-refractivity contribution in [3.63, 3.8) is 0 Å². The van der Waals surface area contributed by atoms with Crippen molar-refractivity contribution in [1.82, 2.24) is 0 Å². The van der Waals surface area contributed by atoms with Crippen LogP contribution >= 0.6 is 0 Å². The molecule has 1 fully saturated rings. The second-order valence-electron chi connectivity index (χ2n) is 4.05. The van der Waals surface area contributed by atoms with Crippen LogP contribution in [0.5, 0.6) is 0 Å². The number of halogens is 1. The molecule has 0 aromatic heterocycles. The molecule has 1 aliphatic heterocycles. The maximum absolute atomic E-state index is 12.7. The van der Waals surface area contributed by atoms with Crippen molar-refractivity contribution < 1.29 is 9.13 Å². The van der Waals surface area contributed by atoms with Gasteiger partial charge in [-0.3, -0.25) is 0 Å². The lowest BCUT2D eigenvalue weighted by Crippen LogP contribution is -2.36. The van der Waals surface area contributed by atoms with E-state index in [4.69, 9.17) is 10.5 Å². The molecule has 1 heterocycles. The summed E-state index contributed by atoms with van der Waals surface area (Å²) in [6, 6.07) is 6.53. The maximum Gasteiger partial charge on any atom is 0.123 e. The molecule has 2 unspecified atom stereocenters. The Bertz CT molecular complexity index is 306. The first-order valence-corrected chi connectivity index (χ1v) is 5.37. The highest BCUT2D eigenvalue weighted by molar-refractivity contribution is 5.17. The SMILES string of the molecule is NC(Cc1ccc(F)cc1)C1CCCO1. The summed E-state index contributed by atoms with van der Waals surface area (Å²) in [5.74, 6) is -0.204. The van der Waals surface area contributed by atoms with Gasteiger partial charge in [0.05, 0.1) is 6.10 Å². The van der Waals surface area contributed by atoms with Crippen LogP contribution in [-0.2, 0) is 11.2 Å². The zero-order valence-corrected chi connectivity index (χ0v) is 8.66. The highest BCUT2D eigenvalue weighted by Crippen LogP contribution is 2.17. The van der Waals surface area contributed by atoms with Gasteiger partial charge in [0.2, 0.25) is 0 Å². The second-order valence-corrected chi connectivity index (χ2v) is 4.05. The van der Waals surface area contributed by atoms with E-state index in [0.29, 0.717) is 0 Å². The van der Waals surface area contributed by atoms with Gasteiger partial charge in [0.15, 0.2) is 0 Å². The molecule has 1 saturated heterocycles. The van der Waals surface area contributed by atoms with E-state index in [1.54, 1.807) is 12.1 Å². The van der Waals surface area contributed by atoms with E-state index in [1.807, 2.05) is 0 Å². The van der Waals surface area contributed by atoms with Crippen molar-refractivity contribution in [3.05, 3.63) is 35.6 Å². The van der Waals surface area contributed by atoms with Gasteiger partial charge in [0.1, 0.15) is 5.82 Å². The summed E-state index contributed by atoms with van der Waals surface area (Å²) in [6.45, 7) is 0.821. The zero-order valence-electron chi connectivity index (χ0n) is 8.66. The molecular formula is C12H16FNO. The Labute approximate surface area is 89.2 Å². The largest absolute Gasteiger partial charge is 0.377 e. The summed E-state index contributed by atoms with van der Waals surface area (Å²) in [4.78, 5) is 0. The molecule has 1 aliphatic rings. The number of benzene rings is 1. The molecule has 0 amide bonds. The van der Waals surface area contributed by atoms with Crippen molar-refractivity contribution >= 4 is 0 Å². The number of hydrogen-bond donors (Lipinski definition) is 1. The first-order valence-electron chi connectivity index (χ1n) is 5.37. The standard InChI is InChI=1S/C12H16FNO/c13-10-5-3-9(4-6-10)8-11(14)12-2-1-7-15-12/h3-6,11-12H,1-2,7-8,14H2. The monoisotopic (exact) mass is 209 g/mol. The quantitative estimate of drug-likeness (QED) is 0.824. The molecular weight excluding hydrogens is 193 g/mol. The molecule has 2 nitrogen and oxygen atoms in total. The lowest BCUT2D eigenvalue weighted by molar-refractivity contribution is 0.0900. The fourth-order valence-corrected chi connectivity index (χ4v) is 1.96. The highest BCUT2D eigenvalue weighted by Gasteiger charge is 2.22. The minimum Gasteiger partial charge on any atom is -0.377 e. The lowest BCUT2D eigenvalue weighted by Gasteiger charge is -2.18. The van der Waals surface area contributed by atoms with Crippen molar-refractivity contribution in [2.75, 3.05) is 6.61 Å². The van der Waals surface area contributed by atoms with Crippen molar-refractivity contribution in [3.8, 4) is 0 Å². The van der Waals surface area contributed by atoms with Crippen molar-refractivity contribution in [2.24, 2.45) is 5.73 Å². The summed E-state index contributed by atoms with van der Waals surface area (Å²) in [6.07, 6.45) is 3.07. The van der Waals surface area contributed by atoms with Gasteiger partial charge in [-0.15, -0.1) is 0 Å². The Morgan fingerprint density at radius 1 is 1.40 bits per heavy atom. The molecule has 2 N–H and O–H groups in total. The Morgan fingerprint density at radius 2 is 2.13 bits per heavy atom. The molecule has 0 radical (unpaired) electrons. The molecule has 1 aromatic carbocycles. The predicted molar refractivity (Wildman–Crippen MR) is 57.1 cm³/mol. The smallest absolute Gasteiger partial charge is 0.123 e. The minimum atomic E-state index is -0.204. The third-order valence-corrected chi connectivity index (χ3v) is 2.83. The lowest BCUT2D eigenvalue weighted by atomic mass is 10.0. The summed E-state index contributed by atoms with van der Waals surface area (Å²) >= 11 is 0. The molecule has 0 spiro atoms.